The first-order valence-corrected chi connectivity index (χ1v) is 13.9. The normalized spacial score (nSPS) is 13.4. The third-order valence-corrected chi connectivity index (χ3v) is 12.4. The lowest BCUT2D eigenvalue weighted by molar-refractivity contribution is -0.119. The lowest BCUT2D eigenvalue weighted by Gasteiger charge is -2.42. The van der Waals surface area contributed by atoms with Gasteiger partial charge in [0.2, 0.25) is 5.91 Å². The van der Waals surface area contributed by atoms with Gasteiger partial charge in [0.25, 0.3) is 8.32 Å². The van der Waals surface area contributed by atoms with Crippen LogP contribution in [-0.2, 0) is 11.3 Å². The Morgan fingerprint density at radius 2 is 1.78 bits per heavy atom. The maximum absolute atomic E-state index is 11.1. The molecule has 0 radical (unpaired) electrons. The number of carbonyl (C=O) groups is 1. The van der Waals surface area contributed by atoms with Crippen molar-refractivity contribution in [1.82, 2.24) is 15.1 Å². The summed E-state index contributed by atoms with van der Waals surface area (Å²) in [7, 11) is -2.02. The summed E-state index contributed by atoms with van der Waals surface area (Å²) in [4.78, 5) is 11.1. The molecule has 0 bridgehead atoms. The molecule has 0 saturated heterocycles. The number of carbonyl (C=O) groups excluding carboxylic acids is 1. The van der Waals surface area contributed by atoms with Crippen molar-refractivity contribution in [2.24, 2.45) is 0 Å². The first-order valence-electron chi connectivity index (χ1n) is 11.4. The van der Waals surface area contributed by atoms with Crippen LogP contribution < -0.4 is 9.74 Å². The minimum Gasteiger partial charge on any atom is -0.543 e. The maximum atomic E-state index is 11.1. The van der Waals surface area contributed by atoms with Crippen molar-refractivity contribution < 1.29 is 9.22 Å². The van der Waals surface area contributed by atoms with Gasteiger partial charge in [-0.05, 0) is 41.2 Å². The number of benzene rings is 1. The fraction of sp³-hybridized carbons (Fsp3) is 0.520. The third kappa shape index (κ3) is 6.48. The molecule has 1 amide bonds. The predicted molar refractivity (Wildman–Crippen MR) is 137 cm³/mol. The Hall–Kier alpha value is -2.05. The molecule has 0 spiro atoms. The third-order valence-electron chi connectivity index (χ3n) is 6.02. The molecule has 1 aromatic heterocycles. The molecule has 0 unspecified atom stereocenters. The Labute approximate surface area is 199 Å². The van der Waals surface area contributed by atoms with Gasteiger partial charge in [-0.2, -0.15) is 5.10 Å². The number of amides is 1. The predicted octanol–water partition coefficient (Wildman–Crippen LogP) is 6.68. The molecule has 0 fully saturated rings. The lowest BCUT2D eigenvalue weighted by atomic mass is 10.2. The van der Waals surface area contributed by atoms with E-state index in [1.165, 1.54) is 6.92 Å². The molecule has 1 aromatic carbocycles. The maximum Gasteiger partial charge on any atom is 0.258 e. The zero-order chi connectivity index (χ0) is 24.1. The molecule has 0 aliphatic rings. The smallest absolute Gasteiger partial charge is 0.258 e. The van der Waals surface area contributed by atoms with Crippen LogP contribution in [0.2, 0.25) is 21.6 Å². The molecule has 176 valence electrons. The highest BCUT2D eigenvalue weighted by Gasteiger charge is 2.47. The van der Waals surface area contributed by atoms with Crippen molar-refractivity contribution in [3.05, 3.63) is 52.8 Å². The highest BCUT2D eigenvalue weighted by molar-refractivity contribution is 6.78. The van der Waals surface area contributed by atoms with Gasteiger partial charge < -0.3 is 9.74 Å². The number of hydrogen-bond donors (Lipinski definition) is 1. The van der Waals surface area contributed by atoms with Crippen LogP contribution in [0.5, 0.6) is 5.75 Å². The van der Waals surface area contributed by atoms with Gasteiger partial charge in [0.05, 0.1) is 12.7 Å². The average molecular weight is 476 g/mol. The van der Waals surface area contributed by atoms with E-state index >= 15 is 0 Å². The SMILES string of the molecule is CC(=O)N[C@@H](C)/C=C/c1cnn(Cc2ccc(O[Si](C(C)C)(C(C)C)C(C)C)cc2Cl)c1. The Morgan fingerprint density at radius 3 is 2.31 bits per heavy atom. The first-order chi connectivity index (χ1) is 15.0. The molecule has 1 N–H and O–H groups in total. The summed E-state index contributed by atoms with van der Waals surface area (Å²) in [6, 6.07) is 5.99. The molecule has 0 aliphatic heterocycles. The average Bonchev–Trinajstić information content (AvgIpc) is 3.12. The first kappa shape index (κ1) is 26.2. The second-order valence-corrected chi connectivity index (χ2v) is 15.3. The van der Waals surface area contributed by atoms with Crippen LogP contribution in [-0.4, -0.2) is 30.0 Å². The number of nitrogens with zero attached hydrogens (tertiary/aromatic N) is 2. The van der Waals surface area contributed by atoms with E-state index in [4.69, 9.17) is 16.0 Å². The summed E-state index contributed by atoms with van der Waals surface area (Å²) < 4.78 is 8.61. The van der Waals surface area contributed by atoms with E-state index in [2.05, 4.69) is 52.0 Å². The van der Waals surface area contributed by atoms with E-state index in [1.54, 1.807) is 6.20 Å². The Kier molecular flexibility index (Phi) is 9.16. The van der Waals surface area contributed by atoms with Crippen molar-refractivity contribution >= 4 is 31.9 Å². The zero-order valence-electron chi connectivity index (χ0n) is 20.6. The molecule has 32 heavy (non-hydrogen) atoms. The van der Waals surface area contributed by atoms with Gasteiger partial charge in [0.15, 0.2) is 0 Å². The quantitative estimate of drug-likeness (QED) is 0.390. The van der Waals surface area contributed by atoms with Crippen LogP contribution in [0.4, 0.5) is 0 Å². The summed E-state index contributed by atoms with van der Waals surface area (Å²) in [6.45, 7) is 17.7. The minimum atomic E-state index is -2.02. The molecular weight excluding hydrogens is 438 g/mol. The lowest BCUT2D eigenvalue weighted by Crippen LogP contribution is -2.50. The van der Waals surface area contributed by atoms with E-state index in [0.29, 0.717) is 28.2 Å². The van der Waals surface area contributed by atoms with Crippen molar-refractivity contribution in [2.45, 2.75) is 84.6 Å². The van der Waals surface area contributed by atoms with Gasteiger partial charge in [-0.25, -0.2) is 0 Å². The van der Waals surface area contributed by atoms with E-state index in [9.17, 15) is 4.79 Å². The molecular formula is C25H38ClN3O2Si. The summed E-state index contributed by atoms with van der Waals surface area (Å²) in [5.41, 5.74) is 3.48. The molecule has 0 saturated carbocycles. The standard InChI is InChI=1S/C25H38ClN3O2Si/c1-17(2)32(18(3)4,19(5)6)31-24-12-11-23(25(26)13-24)16-29-15-22(14-27-29)10-9-20(7)28-21(8)30/h9-15,17-20H,16H2,1-8H3,(H,28,30)/b10-9+/t20-/m0/s1. The topological polar surface area (TPSA) is 56.2 Å². The number of rotatable bonds is 10. The van der Waals surface area contributed by atoms with E-state index in [0.717, 1.165) is 16.9 Å². The van der Waals surface area contributed by atoms with Crippen molar-refractivity contribution in [3.63, 3.8) is 0 Å². The summed E-state index contributed by atoms with van der Waals surface area (Å²) in [5, 5.41) is 7.96. The van der Waals surface area contributed by atoms with E-state index < -0.39 is 8.32 Å². The number of hydrogen-bond acceptors (Lipinski definition) is 3. The molecule has 2 aromatic rings. The fourth-order valence-electron chi connectivity index (χ4n) is 4.63. The molecule has 1 heterocycles. The summed E-state index contributed by atoms with van der Waals surface area (Å²) in [6.07, 6.45) is 7.66. The van der Waals surface area contributed by atoms with Crippen LogP contribution in [0.25, 0.3) is 6.08 Å². The van der Waals surface area contributed by atoms with Gasteiger partial charge >= 0.3 is 0 Å². The second-order valence-electron chi connectivity index (χ2n) is 9.49. The summed E-state index contributed by atoms with van der Waals surface area (Å²) in [5.74, 6) is 0.813. The minimum absolute atomic E-state index is 0.0315. The van der Waals surface area contributed by atoms with Crippen molar-refractivity contribution in [3.8, 4) is 5.75 Å². The molecule has 1 atom stereocenters. The van der Waals surface area contributed by atoms with Crippen LogP contribution in [0.3, 0.4) is 0 Å². The number of aromatic nitrogens is 2. The van der Waals surface area contributed by atoms with Gasteiger partial charge in [0.1, 0.15) is 5.75 Å². The van der Waals surface area contributed by atoms with Crippen LogP contribution in [0, 0.1) is 0 Å². The highest BCUT2D eigenvalue weighted by atomic mass is 35.5. The Bertz CT molecular complexity index is 915. The summed E-state index contributed by atoms with van der Waals surface area (Å²) >= 11 is 6.64. The zero-order valence-corrected chi connectivity index (χ0v) is 22.4. The number of halogens is 1. The molecule has 2 rings (SSSR count). The number of nitrogens with one attached hydrogen (secondary N) is 1. The van der Waals surface area contributed by atoms with Gasteiger partial charge in [0, 0.05) is 29.7 Å². The highest BCUT2D eigenvalue weighted by Crippen LogP contribution is 2.43. The molecule has 0 aliphatic carbocycles. The monoisotopic (exact) mass is 475 g/mol. The van der Waals surface area contributed by atoms with Gasteiger partial charge in [-0.3, -0.25) is 9.48 Å². The van der Waals surface area contributed by atoms with Crippen LogP contribution in [0.15, 0.2) is 36.7 Å². The Balaban J connectivity index is 2.14. The Morgan fingerprint density at radius 1 is 1.16 bits per heavy atom. The van der Waals surface area contributed by atoms with Crippen LogP contribution >= 0.6 is 11.6 Å². The molecule has 5 nitrogen and oxygen atoms in total. The van der Waals surface area contributed by atoms with E-state index in [1.807, 2.05) is 48.2 Å². The molecule has 7 heteroatoms. The van der Waals surface area contributed by atoms with Gasteiger partial charge in [-0.15, -0.1) is 0 Å². The largest absolute Gasteiger partial charge is 0.543 e. The fourth-order valence-corrected chi connectivity index (χ4v) is 10.1. The van der Waals surface area contributed by atoms with Crippen LogP contribution in [0.1, 0.15) is 66.5 Å². The van der Waals surface area contributed by atoms with Gasteiger partial charge in [-0.1, -0.05) is 71.4 Å². The van der Waals surface area contributed by atoms with Crippen molar-refractivity contribution in [2.75, 3.05) is 0 Å². The second kappa shape index (κ2) is 11.2. The van der Waals surface area contributed by atoms with Crippen molar-refractivity contribution in [1.29, 1.82) is 0 Å². The van der Waals surface area contributed by atoms with E-state index in [-0.39, 0.29) is 11.9 Å².